The molecule has 0 spiro atoms. The molecule has 2 aromatic rings. The Bertz CT molecular complexity index is 825. The quantitative estimate of drug-likeness (QED) is 0.615. The van der Waals surface area contributed by atoms with Crippen molar-refractivity contribution in [2.24, 2.45) is 0 Å². The summed E-state index contributed by atoms with van der Waals surface area (Å²) in [6.07, 6.45) is 1.27. The van der Waals surface area contributed by atoms with E-state index in [0.29, 0.717) is 5.02 Å². The molecule has 0 aliphatic rings. The summed E-state index contributed by atoms with van der Waals surface area (Å²) in [4.78, 5) is 13.6. The van der Waals surface area contributed by atoms with Crippen molar-refractivity contribution in [1.82, 2.24) is 4.98 Å². The molecule has 0 atom stereocenters. The van der Waals surface area contributed by atoms with E-state index in [1.54, 1.807) is 0 Å². The molecule has 0 fully saturated rings. The lowest BCUT2D eigenvalue weighted by molar-refractivity contribution is -0.387. The Hall–Kier alpha value is -1.90. The van der Waals surface area contributed by atoms with Crippen LogP contribution in [0.2, 0.25) is 10.0 Å². The molecule has 1 aromatic carbocycles. The van der Waals surface area contributed by atoms with Crippen molar-refractivity contribution >= 4 is 44.7 Å². The van der Waals surface area contributed by atoms with Crippen LogP contribution in [-0.2, 0) is 10.0 Å². The number of anilines is 1. The number of nitro benzene ring substituents is 1. The van der Waals surface area contributed by atoms with Crippen molar-refractivity contribution in [3.8, 4) is 0 Å². The molecule has 0 saturated heterocycles. The second-order valence-electron chi connectivity index (χ2n) is 4.18. The van der Waals surface area contributed by atoms with Gasteiger partial charge in [-0.05, 0) is 24.3 Å². The number of rotatable bonds is 4. The van der Waals surface area contributed by atoms with Crippen LogP contribution in [0.1, 0.15) is 0 Å². The lowest BCUT2D eigenvalue weighted by atomic mass is 10.3. The summed E-state index contributed by atoms with van der Waals surface area (Å²) in [5, 5.41) is 11.4. The first-order chi connectivity index (χ1) is 10.2. The number of benzene rings is 1. The van der Waals surface area contributed by atoms with E-state index in [1.807, 2.05) is 0 Å². The van der Waals surface area contributed by atoms with Crippen molar-refractivity contribution in [2.75, 3.05) is 11.4 Å². The molecule has 0 N–H and O–H groups in total. The van der Waals surface area contributed by atoms with Gasteiger partial charge in [0.05, 0.1) is 9.95 Å². The lowest BCUT2D eigenvalue weighted by Gasteiger charge is -2.18. The largest absolute Gasteiger partial charge is 0.289 e. The predicted molar refractivity (Wildman–Crippen MR) is 82.9 cm³/mol. The standard InChI is InChI=1S/C12H9Cl2N3O4S/c1-16(12-5-3-9(14)7-15-12)22(20,21)11-6-8(13)2-4-10(11)17(18)19/h2-7H,1H3. The molecule has 7 nitrogen and oxygen atoms in total. The highest BCUT2D eigenvalue weighted by Gasteiger charge is 2.30. The molecule has 0 radical (unpaired) electrons. The summed E-state index contributed by atoms with van der Waals surface area (Å²) in [5.41, 5.74) is -0.565. The van der Waals surface area contributed by atoms with E-state index in [-0.39, 0.29) is 10.8 Å². The molecule has 0 saturated carbocycles. The first-order valence-corrected chi connectivity index (χ1v) is 7.97. The van der Waals surface area contributed by atoms with Crippen LogP contribution in [-0.4, -0.2) is 25.4 Å². The molecular formula is C12H9Cl2N3O4S. The topological polar surface area (TPSA) is 93.4 Å². The molecule has 1 aromatic heterocycles. The highest BCUT2D eigenvalue weighted by molar-refractivity contribution is 7.93. The van der Waals surface area contributed by atoms with Gasteiger partial charge in [0.1, 0.15) is 5.82 Å². The van der Waals surface area contributed by atoms with Crippen LogP contribution < -0.4 is 4.31 Å². The van der Waals surface area contributed by atoms with Crippen LogP contribution in [0, 0.1) is 10.1 Å². The van der Waals surface area contributed by atoms with Gasteiger partial charge < -0.3 is 0 Å². The maximum Gasteiger partial charge on any atom is 0.289 e. The van der Waals surface area contributed by atoms with E-state index in [9.17, 15) is 18.5 Å². The molecule has 0 bridgehead atoms. The summed E-state index contributed by atoms with van der Waals surface area (Å²) < 4.78 is 26.0. The summed E-state index contributed by atoms with van der Waals surface area (Å²) in [7, 11) is -2.97. The SMILES string of the molecule is CN(c1ccc(Cl)cn1)S(=O)(=O)c1cc(Cl)ccc1[N+](=O)[O-]. The Morgan fingerprint density at radius 3 is 2.36 bits per heavy atom. The third-order valence-electron chi connectivity index (χ3n) is 2.79. The van der Waals surface area contributed by atoms with Crippen LogP contribution in [0.4, 0.5) is 11.5 Å². The fraction of sp³-hybridized carbons (Fsp3) is 0.0833. The molecule has 10 heteroatoms. The van der Waals surface area contributed by atoms with Gasteiger partial charge in [0.25, 0.3) is 15.7 Å². The summed E-state index contributed by atoms with van der Waals surface area (Å²) in [6, 6.07) is 6.16. The first kappa shape index (κ1) is 16.5. The van der Waals surface area contributed by atoms with Gasteiger partial charge in [-0.15, -0.1) is 0 Å². The van der Waals surface area contributed by atoms with Gasteiger partial charge in [-0.25, -0.2) is 13.4 Å². The van der Waals surface area contributed by atoms with Crippen molar-refractivity contribution in [2.45, 2.75) is 4.90 Å². The monoisotopic (exact) mass is 361 g/mol. The summed E-state index contributed by atoms with van der Waals surface area (Å²) >= 11 is 11.5. The fourth-order valence-corrected chi connectivity index (χ4v) is 3.35. The smallest absolute Gasteiger partial charge is 0.258 e. The fourth-order valence-electron chi connectivity index (χ4n) is 1.67. The third kappa shape index (κ3) is 3.13. The zero-order valence-corrected chi connectivity index (χ0v) is 13.4. The number of hydrogen-bond donors (Lipinski definition) is 0. The number of halogens is 2. The molecule has 0 amide bonds. The highest BCUT2D eigenvalue weighted by atomic mass is 35.5. The molecule has 0 unspecified atom stereocenters. The number of nitrogens with zero attached hydrogens (tertiary/aromatic N) is 3. The average Bonchev–Trinajstić information content (AvgIpc) is 2.46. The van der Waals surface area contributed by atoms with Crippen LogP contribution in [0.3, 0.4) is 0 Å². The second kappa shape index (κ2) is 6.07. The van der Waals surface area contributed by atoms with Gasteiger partial charge in [0.15, 0.2) is 4.90 Å². The van der Waals surface area contributed by atoms with Crippen molar-refractivity contribution < 1.29 is 13.3 Å². The summed E-state index contributed by atoms with van der Waals surface area (Å²) in [6.45, 7) is 0. The van der Waals surface area contributed by atoms with Crippen LogP contribution in [0.5, 0.6) is 0 Å². The van der Waals surface area contributed by atoms with E-state index in [0.717, 1.165) is 16.4 Å². The Balaban J connectivity index is 2.57. The lowest BCUT2D eigenvalue weighted by Crippen LogP contribution is -2.28. The van der Waals surface area contributed by atoms with Gasteiger partial charge in [-0.2, -0.15) is 0 Å². The molecule has 0 aliphatic carbocycles. The molecule has 1 heterocycles. The van der Waals surface area contributed by atoms with Crippen molar-refractivity contribution in [1.29, 1.82) is 0 Å². The molecule has 0 aliphatic heterocycles. The van der Waals surface area contributed by atoms with Gasteiger partial charge in [0.2, 0.25) is 0 Å². The van der Waals surface area contributed by atoms with E-state index in [4.69, 9.17) is 23.2 Å². The number of sulfonamides is 1. The highest BCUT2D eigenvalue weighted by Crippen LogP contribution is 2.30. The van der Waals surface area contributed by atoms with Crippen LogP contribution in [0.15, 0.2) is 41.4 Å². The van der Waals surface area contributed by atoms with E-state index in [1.165, 1.54) is 31.4 Å². The zero-order valence-electron chi connectivity index (χ0n) is 11.1. The van der Waals surface area contributed by atoms with E-state index >= 15 is 0 Å². The van der Waals surface area contributed by atoms with Crippen LogP contribution in [0.25, 0.3) is 0 Å². The molecule has 22 heavy (non-hydrogen) atoms. The number of nitro groups is 1. The van der Waals surface area contributed by atoms with Crippen LogP contribution >= 0.6 is 23.2 Å². The minimum absolute atomic E-state index is 0.0682. The number of aromatic nitrogens is 1. The Kier molecular flexibility index (Phi) is 4.55. The first-order valence-electron chi connectivity index (χ1n) is 5.78. The van der Waals surface area contributed by atoms with Gasteiger partial charge in [0, 0.05) is 24.3 Å². The Labute approximate surface area is 136 Å². The Morgan fingerprint density at radius 2 is 1.82 bits per heavy atom. The summed E-state index contributed by atoms with van der Waals surface area (Å²) in [5.74, 6) is 0.0682. The van der Waals surface area contributed by atoms with Gasteiger partial charge in [-0.1, -0.05) is 23.2 Å². The van der Waals surface area contributed by atoms with Gasteiger partial charge >= 0.3 is 0 Å². The number of pyridine rings is 1. The van der Waals surface area contributed by atoms with Crippen molar-refractivity contribution in [3.63, 3.8) is 0 Å². The maximum absolute atomic E-state index is 12.6. The number of hydrogen-bond acceptors (Lipinski definition) is 5. The third-order valence-corrected chi connectivity index (χ3v) is 5.04. The zero-order chi connectivity index (χ0) is 16.5. The normalized spacial score (nSPS) is 11.2. The molecule has 116 valence electrons. The second-order valence-corrected chi connectivity index (χ2v) is 6.99. The average molecular weight is 362 g/mol. The van der Waals surface area contributed by atoms with E-state index in [2.05, 4.69) is 4.98 Å². The minimum Gasteiger partial charge on any atom is -0.258 e. The Morgan fingerprint density at radius 1 is 1.18 bits per heavy atom. The maximum atomic E-state index is 12.6. The molecular weight excluding hydrogens is 353 g/mol. The molecule has 2 rings (SSSR count). The van der Waals surface area contributed by atoms with E-state index < -0.39 is 25.5 Å². The predicted octanol–water partition coefficient (Wildman–Crippen LogP) is 3.12. The minimum atomic E-state index is -4.20. The van der Waals surface area contributed by atoms with Gasteiger partial charge in [-0.3, -0.25) is 14.4 Å². The van der Waals surface area contributed by atoms with Crippen molar-refractivity contribution in [3.05, 3.63) is 56.7 Å².